The van der Waals surface area contributed by atoms with Crippen molar-refractivity contribution in [1.29, 1.82) is 0 Å². The standard InChI is InChI=1S/C17H21NO6S/c1-22-16(19)12-5-4-8-15(12)25(20,21)18-10-9-17(11-18)23-13-6-2-3-7-14(13)24-17/h2-3,6-7,12,15H,4-5,8-11H2,1H3. The number of para-hydroxylation sites is 2. The van der Waals surface area contributed by atoms with Crippen LogP contribution in [0, 0.1) is 5.92 Å². The van der Waals surface area contributed by atoms with Crippen molar-refractivity contribution in [3.8, 4) is 11.5 Å². The molecule has 0 amide bonds. The molecule has 2 heterocycles. The molecule has 1 aromatic rings. The normalized spacial score (nSPS) is 27.7. The Morgan fingerprint density at radius 1 is 1.24 bits per heavy atom. The second-order valence-corrected chi connectivity index (χ2v) is 8.94. The van der Waals surface area contributed by atoms with Crippen LogP contribution in [0.25, 0.3) is 0 Å². The first-order chi connectivity index (χ1) is 12.0. The zero-order valence-electron chi connectivity index (χ0n) is 14.0. The second-order valence-electron chi connectivity index (χ2n) is 6.79. The van der Waals surface area contributed by atoms with Crippen molar-refractivity contribution in [2.75, 3.05) is 20.2 Å². The van der Waals surface area contributed by atoms with Gasteiger partial charge in [-0.05, 0) is 25.0 Å². The van der Waals surface area contributed by atoms with Crippen LogP contribution in [0.4, 0.5) is 0 Å². The smallest absolute Gasteiger partial charge is 0.310 e. The fraction of sp³-hybridized carbons (Fsp3) is 0.588. The number of fused-ring (bicyclic) bond motifs is 1. The van der Waals surface area contributed by atoms with Crippen LogP contribution in [-0.2, 0) is 19.6 Å². The first-order valence-electron chi connectivity index (χ1n) is 8.49. The maximum Gasteiger partial charge on any atom is 0.310 e. The van der Waals surface area contributed by atoms with Gasteiger partial charge in [0.25, 0.3) is 5.79 Å². The van der Waals surface area contributed by atoms with Gasteiger partial charge >= 0.3 is 5.97 Å². The first kappa shape index (κ1) is 16.7. The van der Waals surface area contributed by atoms with Gasteiger partial charge in [-0.15, -0.1) is 0 Å². The van der Waals surface area contributed by atoms with Gasteiger partial charge in [-0.2, -0.15) is 4.31 Å². The van der Waals surface area contributed by atoms with Gasteiger partial charge in [0.05, 0.1) is 24.8 Å². The predicted octanol–water partition coefficient (Wildman–Crippen LogP) is 1.53. The number of carbonyl (C=O) groups is 1. The van der Waals surface area contributed by atoms with Crippen molar-refractivity contribution in [2.24, 2.45) is 5.92 Å². The van der Waals surface area contributed by atoms with Gasteiger partial charge < -0.3 is 14.2 Å². The van der Waals surface area contributed by atoms with E-state index in [0.717, 1.165) is 0 Å². The molecular weight excluding hydrogens is 346 g/mol. The molecule has 1 spiro atoms. The lowest BCUT2D eigenvalue weighted by Crippen LogP contribution is -2.46. The molecule has 0 radical (unpaired) electrons. The van der Waals surface area contributed by atoms with Gasteiger partial charge in [-0.3, -0.25) is 4.79 Å². The third-order valence-corrected chi connectivity index (χ3v) is 7.66. The van der Waals surface area contributed by atoms with Crippen LogP contribution in [-0.4, -0.2) is 49.9 Å². The number of hydrogen-bond donors (Lipinski definition) is 0. The van der Waals surface area contributed by atoms with Crippen LogP contribution < -0.4 is 9.47 Å². The number of hydrogen-bond acceptors (Lipinski definition) is 6. The molecule has 2 fully saturated rings. The van der Waals surface area contributed by atoms with Gasteiger partial charge in [0.15, 0.2) is 11.5 Å². The molecule has 1 saturated heterocycles. The van der Waals surface area contributed by atoms with E-state index >= 15 is 0 Å². The summed E-state index contributed by atoms with van der Waals surface area (Å²) in [4.78, 5) is 11.9. The molecule has 2 atom stereocenters. The van der Waals surface area contributed by atoms with E-state index in [1.54, 1.807) is 0 Å². The third kappa shape index (κ3) is 2.67. The summed E-state index contributed by atoms with van der Waals surface area (Å²) in [6.07, 6.45) is 2.19. The summed E-state index contributed by atoms with van der Waals surface area (Å²) in [5.74, 6) is -0.726. The first-order valence-corrected chi connectivity index (χ1v) is 9.99. The minimum absolute atomic E-state index is 0.133. The highest BCUT2D eigenvalue weighted by molar-refractivity contribution is 7.89. The number of benzene rings is 1. The van der Waals surface area contributed by atoms with Gasteiger partial charge in [-0.1, -0.05) is 18.6 Å². The van der Waals surface area contributed by atoms with E-state index in [0.29, 0.717) is 43.7 Å². The zero-order valence-corrected chi connectivity index (χ0v) is 14.8. The van der Waals surface area contributed by atoms with E-state index in [4.69, 9.17) is 14.2 Å². The van der Waals surface area contributed by atoms with Gasteiger partial charge in [0, 0.05) is 13.0 Å². The van der Waals surface area contributed by atoms with Crippen LogP contribution in [0.1, 0.15) is 25.7 Å². The highest BCUT2D eigenvalue weighted by Gasteiger charge is 2.53. The molecule has 8 heteroatoms. The maximum absolute atomic E-state index is 13.1. The van der Waals surface area contributed by atoms with Gasteiger partial charge in [0.1, 0.15) is 0 Å². The summed E-state index contributed by atoms with van der Waals surface area (Å²) in [7, 11) is -2.32. The lowest BCUT2D eigenvalue weighted by Gasteiger charge is -2.26. The topological polar surface area (TPSA) is 82.1 Å². The Morgan fingerprint density at radius 2 is 1.92 bits per heavy atom. The Labute approximate surface area is 146 Å². The summed E-state index contributed by atoms with van der Waals surface area (Å²) in [6, 6.07) is 7.32. The average molecular weight is 367 g/mol. The largest absolute Gasteiger partial charge is 0.469 e. The Morgan fingerprint density at radius 3 is 2.56 bits per heavy atom. The number of esters is 1. The molecule has 0 bridgehead atoms. The summed E-state index contributed by atoms with van der Waals surface area (Å²) >= 11 is 0. The molecule has 0 N–H and O–H groups in total. The van der Waals surface area contributed by atoms with Crippen LogP contribution >= 0.6 is 0 Å². The molecule has 1 aromatic carbocycles. The molecule has 25 heavy (non-hydrogen) atoms. The van der Waals surface area contributed by atoms with Crippen LogP contribution in [0.5, 0.6) is 11.5 Å². The second kappa shape index (κ2) is 5.88. The molecular formula is C17H21NO6S. The van der Waals surface area contributed by atoms with E-state index in [2.05, 4.69) is 0 Å². The fourth-order valence-corrected chi connectivity index (χ4v) is 6.27. The molecule has 136 valence electrons. The molecule has 0 aromatic heterocycles. The van der Waals surface area contributed by atoms with Crippen molar-refractivity contribution in [1.82, 2.24) is 4.31 Å². The third-order valence-electron chi connectivity index (χ3n) is 5.30. The predicted molar refractivity (Wildman–Crippen MR) is 88.7 cm³/mol. The van der Waals surface area contributed by atoms with E-state index in [1.807, 2.05) is 24.3 Å². The van der Waals surface area contributed by atoms with Crippen LogP contribution in [0.2, 0.25) is 0 Å². The molecule has 2 aliphatic heterocycles. The molecule has 2 unspecified atom stereocenters. The average Bonchev–Trinajstić information content (AvgIpc) is 3.32. The highest BCUT2D eigenvalue weighted by atomic mass is 32.2. The molecule has 1 saturated carbocycles. The highest BCUT2D eigenvalue weighted by Crippen LogP contribution is 2.44. The minimum atomic E-state index is -3.62. The van der Waals surface area contributed by atoms with Gasteiger partial charge in [0.2, 0.25) is 10.0 Å². The monoisotopic (exact) mass is 367 g/mol. The lowest BCUT2D eigenvalue weighted by molar-refractivity contribution is -0.145. The number of methoxy groups -OCH3 is 1. The Hall–Kier alpha value is -1.80. The molecule has 1 aliphatic carbocycles. The van der Waals surface area contributed by atoms with Crippen LogP contribution in [0.3, 0.4) is 0 Å². The molecule has 4 rings (SSSR count). The van der Waals surface area contributed by atoms with Crippen molar-refractivity contribution in [2.45, 2.75) is 36.7 Å². The van der Waals surface area contributed by atoms with Crippen molar-refractivity contribution in [3.63, 3.8) is 0 Å². The summed E-state index contributed by atoms with van der Waals surface area (Å²) < 4.78 is 44.2. The minimum Gasteiger partial charge on any atom is -0.469 e. The van der Waals surface area contributed by atoms with Crippen molar-refractivity contribution in [3.05, 3.63) is 24.3 Å². The molecule has 7 nitrogen and oxygen atoms in total. The number of carbonyl (C=O) groups excluding carboxylic acids is 1. The van der Waals surface area contributed by atoms with Crippen molar-refractivity contribution < 1.29 is 27.4 Å². The fourth-order valence-electron chi connectivity index (χ4n) is 4.04. The number of nitrogens with zero attached hydrogens (tertiary/aromatic N) is 1. The molecule has 3 aliphatic rings. The Bertz CT molecular complexity index is 767. The quantitative estimate of drug-likeness (QED) is 0.754. The zero-order chi connectivity index (χ0) is 17.7. The Balaban J connectivity index is 1.53. The van der Waals surface area contributed by atoms with Gasteiger partial charge in [-0.25, -0.2) is 8.42 Å². The van der Waals surface area contributed by atoms with E-state index < -0.39 is 32.9 Å². The number of rotatable bonds is 3. The van der Waals surface area contributed by atoms with E-state index in [9.17, 15) is 13.2 Å². The van der Waals surface area contributed by atoms with Crippen LogP contribution in [0.15, 0.2) is 24.3 Å². The Kier molecular flexibility index (Phi) is 3.92. The number of ether oxygens (including phenoxy) is 3. The number of sulfonamides is 1. The summed E-state index contributed by atoms with van der Waals surface area (Å²) in [5.41, 5.74) is 0. The maximum atomic E-state index is 13.1. The summed E-state index contributed by atoms with van der Waals surface area (Å²) in [6.45, 7) is 0.453. The lowest BCUT2D eigenvalue weighted by atomic mass is 10.1. The van der Waals surface area contributed by atoms with E-state index in [-0.39, 0.29) is 6.54 Å². The van der Waals surface area contributed by atoms with Crippen molar-refractivity contribution >= 4 is 16.0 Å². The summed E-state index contributed by atoms with van der Waals surface area (Å²) in [5, 5.41) is -0.723. The SMILES string of the molecule is COC(=O)C1CCCC1S(=O)(=O)N1CCC2(C1)Oc1ccccc1O2. The van der Waals surface area contributed by atoms with E-state index in [1.165, 1.54) is 11.4 Å².